The Morgan fingerprint density at radius 3 is 2.48 bits per heavy atom. The molecule has 0 bridgehead atoms. The summed E-state index contributed by atoms with van der Waals surface area (Å²) in [4.78, 5) is 12.5. The quantitative estimate of drug-likeness (QED) is 0.495. The van der Waals surface area contributed by atoms with Crippen molar-refractivity contribution in [3.63, 3.8) is 0 Å². The Bertz CT molecular complexity index is 1220. The largest absolute Gasteiger partial charge is 0.439 e. The van der Waals surface area contributed by atoms with Crippen LogP contribution in [0.5, 0.6) is 0 Å². The van der Waals surface area contributed by atoms with Gasteiger partial charge in [0.1, 0.15) is 22.5 Å². The number of rotatable bonds is 3. The highest BCUT2D eigenvalue weighted by Crippen LogP contribution is 2.40. The van der Waals surface area contributed by atoms with Crippen molar-refractivity contribution in [2.24, 2.45) is 0 Å². The minimum absolute atomic E-state index is 0.220. The normalized spacial score (nSPS) is 11.1. The molecule has 5 heteroatoms. The number of furan rings is 1. The Kier molecular flexibility index (Phi) is 4.07. The van der Waals surface area contributed by atoms with Crippen molar-refractivity contribution in [3.05, 3.63) is 81.7 Å². The second kappa shape index (κ2) is 6.43. The van der Waals surface area contributed by atoms with E-state index < -0.39 is 11.4 Å². The van der Waals surface area contributed by atoms with Crippen molar-refractivity contribution in [1.29, 1.82) is 0 Å². The molecule has 4 rings (SSSR count). The molecule has 0 aliphatic carbocycles. The van der Waals surface area contributed by atoms with E-state index in [0.29, 0.717) is 22.8 Å². The van der Waals surface area contributed by atoms with Crippen LogP contribution in [0.25, 0.3) is 22.1 Å². The fourth-order valence-corrected chi connectivity index (χ4v) is 3.25. The fraction of sp³-hybridized carbons (Fsp3) is 0.136. The Balaban J connectivity index is 2.00. The molecule has 2 aromatic heterocycles. The van der Waals surface area contributed by atoms with Crippen molar-refractivity contribution in [1.82, 2.24) is 0 Å². The van der Waals surface area contributed by atoms with E-state index in [1.165, 1.54) is 6.07 Å². The van der Waals surface area contributed by atoms with Crippen molar-refractivity contribution < 1.29 is 13.2 Å². The topological polar surface area (TPSA) is 55.4 Å². The van der Waals surface area contributed by atoms with Crippen LogP contribution in [-0.2, 0) is 0 Å². The zero-order valence-corrected chi connectivity index (χ0v) is 15.2. The minimum atomic E-state index is -0.555. The molecule has 0 atom stereocenters. The van der Waals surface area contributed by atoms with Crippen LogP contribution in [-0.4, -0.2) is 0 Å². The highest BCUT2D eigenvalue weighted by molar-refractivity contribution is 6.00. The van der Waals surface area contributed by atoms with E-state index in [1.807, 2.05) is 32.0 Å². The van der Waals surface area contributed by atoms with Crippen LogP contribution in [0.3, 0.4) is 0 Å². The van der Waals surface area contributed by atoms with Gasteiger partial charge in [0.2, 0.25) is 5.88 Å². The Morgan fingerprint density at radius 1 is 0.963 bits per heavy atom. The maximum absolute atomic E-state index is 14.5. The summed E-state index contributed by atoms with van der Waals surface area (Å²) in [6, 6.07) is 13.9. The standard InChI is InChI=1S/C22H18FNO3/c1-12-8-9-17(13(2)10-12)24-21-19(15-6-4-5-7-16(15)23)20-18(27-21)11-14(3)26-22(20)25/h4-11,24H,1-3H3. The van der Waals surface area contributed by atoms with Gasteiger partial charge in [0, 0.05) is 17.3 Å². The predicted molar refractivity (Wildman–Crippen MR) is 104 cm³/mol. The number of halogens is 1. The van der Waals surface area contributed by atoms with E-state index in [-0.39, 0.29) is 10.9 Å². The number of benzene rings is 2. The molecule has 0 spiro atoms. The fourth-order valence-electron chi connectivity index (χ4n) is 3.25. The van der Waals surface area contributed by atoms with Crippen molar-refractivity contribution in [3.8, 4) is 11.1 Å². The first-order valence-electron chi connectivity index (χ1n) is 8.60. The number of fused-ring (bicyclic) bond motifs is 1. The van der Waals surface area contributed by atoms with Crippen molar-refractivity contribution in [2.45, 2.75) is 20.8 Å². The van der Waals surface area contributed by atoms with Gasteiger partial charge >= 0.3 is 5.63 Å². The Hall–Kier alpha value is -3.34. The SMILES string of the molecule is Cc1ccc(Nc2oc3cc(C)oc(=O)c3c2-c2ccccc2F)c(C)c1. The van der Waals surface area contributed by atoms with Crippen molar-refractivity contribution in [2.75, 3.05) is 5.32 Å². The molecule has 4 aromatic rings. The number of anilines is 2. The maximum Gasteiger partial charge on any atom is 0.347 e. The monoisotopic (exact) mass is 363 g/mol. The van der Waals surface area contributed by atoms with Gasteiger partial charge in [0.25, 0.3) is 0 Å². The van der Waals surface area contributed by atoms with E-state index in [9.17, 15) is 9.18 Å². The van der Waals surface area contributed by atoms with Gasteiger partial charge in [-0.3, -0.25) is 0 Å². The van der Waals surface area contributed by atoms with Gasteiger partial charge in [-0.25, -0.2) is 9.18 Å². The molecular formula is C22H18FNO3. The molecule has 0 saturated carbocycles. The molecule has 2 heterocycles. The number of nitrogens with one attached hydrogen (secondary N) is 1. The molecule has 27 heavy (non-hydrogen) atoms. The highest BCUT2D eigenvalue weighted by Gasteiger charge is 2.23. The minimum Gasteiger partial charge on any atom is -0.439 e. The lowest BCUT2D eigenvalue weighted by atomic mass is 10.0. The number of hydrogen-bond acceptors (Lipinski definition) is 4. The van der Waals surface area contributed by atoms with E-state index in [0.717, 1.165) is 16.8 Å². The molecule has 0 saturated heterocycles. The summed E-state index contributed by atoms with van der Waals surface area (Å²) in [7, 11) is 0. The Morgan fingerprint density at radius 2 is 1.74 bits per heavy atom. The van der Waals surface area contributed by atoms with Crippen LogP contribution in [0.4, 0.5) is 16.0 Å². The van der Waals surface area contributed by atoms with Crippen LogP contribution in [0, 0.1) is 26.6 Å². The van der Waals surface area contributed by atoms with Gasteiger partial charge in [-0.15, -0.1) is 0 Å². The highest BCUT2D eigenvalue weighted by atomic mass is 19.1. The lowest BCUT2D eigenvalue weighted by molar-refractivity contribution is 0.485. The van der Waals surface area contributed by atoms with Gasteiger partial charge in [-0.05, 0) is 38.5 Å². The first-order valence-corrected chi connectivity index (χ1v) is 8.60. The van der Waals surface area contributed by atoms with Crippen LogP contribution < -0.4 is 10.9 Å². The molecule has 0 radical (unpaired) electrons. The van der Waals surface area contributed by atoms with E-state index in [1.54, 1.807) is 31.2 Å². The molecule has 4 nitrogen and oxygen atoms in total. The van der Waals surface area contributed by atoms with Crippen LogP contribution in [0.2, 0.25) is 0 Å². The summed E-state index contributed by atoms with van der Waals surface area (Å²) < 4.78 is 25.7. The Labute approximate surface area is 155 Å². The van der Waals surface area contributed by atoms with Crippen molar-refractivity contribution >= 4 is 22.5 Å². The van der Waals surface area contributed by atoms with Gasteiger partial charge in [0.15, 0.2) is 0 Å². The lowest BCUT2D eigenvalue weighted by Gasteiger charge is -2.10. The average molecular weight is 363 g/mol. The molecular weight excluding hydrogens is 345 g/mol. The van der Waals surface area contributed by atoms with Gasteiger partial charge < -0.3 is 14.2 Å². The molecule has 0 aliphatic rings. The van der Waals surface area contributed by atoms with Crippen LogP contribution in [0.15, 0.2) is 62.2 Å². The van der Waals surface area contributed by atoms with E-state index >= 15 is 0 Å². The summed E-state index contributed by atoms with van der Waals surface area (Å²) in [5.74, 6) is 0.295. The summed E-state index contributed by atoms with van der Waals surface area (Å²) >= 11 is 0. The van der Waals surface area contributed by atoms with E-state index in [4.69, 9.17) is 8.83 Å². The zero-order chi connectivity index (χ0) is 19.1. The van der Waals surface area contributed by atoms with Gasteiger partial charge in [0.05, 0.1) is 5.56 Å². The molecule has 1 N–H and O–H groups in total. The molecule has 136 valence electrons. The second-order valence-electron chi connectivity index (χ2n) is 6.61. The second-order valence-corrected chi connectivity index (χ2v) is 6.61. The maximum atomic E-state index is 14.5. The summed E-state index contributed by atoms with van der Waals surface area (Å²) in [6.45, 7) is 5.65. The number of hydrogen-bond donors (Lipinski definition) is 1. The summed E-state index contributed by atoms with van der Waals surface area (Å²) in [5, 5.41) is 3.44. The molecule has 0 unspecified atom stereocenters. The molecule has 0 amide bonds. The smallest absolute Gasteiger partial charge is 0.347 e. The van der Waals surface area contributed by atoms with Crippen LogP contribution >= 0.6 is 0 Å². The third kappa shape index (κ3) is 3.01. The molecule has 0 fully saturated rings. The third-order valence-electron chi connectivity index (χ3n) is 4.50. The van der Waals surface area contributed by atoms with Gasteiger partial charge in [-0.2, -0.15) is 0 Å². The van der Waals surface area contributed by atoms with E-state index in [2.05, 4.69) is 5.32 Å². The lowest BCUT2D eigenvalue weighted by Crippen LogP contribution is -2.01. The first kappa shape index (κ1) is 17.1. The number of aryl methyl sites for hydroxylation is 3. The summed E-state index contributed by atoms with van der Waals surface area (Å²) in [6.07, 6.45) is 0. The predicted octanol–water partition coefficient (Wildman–Crippen LogP) is 5.86. The first-order chi connectivity index (χ1) is 12.9. The van der Waals surface area contributed by atoms with Crippen LogP contribution in [0.1, 0.15) is 16.9 Å². The molecule has 2 aromatic carbocycles. The zero-order valence-electron chi connectivity index (χ0n) is 15.2. The molecule has 0 aliphatic heterocycles. The summed E-state index contributed by atoms with van der Waals surface area (Å²) in [5.41, 5.74) is 3.40. The van der Waals surface area contributed by atoms with Gasteiger partial charge in [-0.1, -0.05) is 35.9 Å². The average Bonchev–Trinajstić information content (AvgIpc) is 2.96. The third-order valence-corrected chi connectivity index (χ3v) is 4.50.